The number of nitrogens with one attached hydrogen (secondary N) is 1. The molecule has 0 amide bonds. The fraction of sp³-hybridized carbons (Fsp3) is 0.538. The molecule has 0 spiro atoms. The Morgan fingerprint density at radius 2 is 2.05 bits per heavy atom. The second-order valence-corrected chi connectivity index (χ2v) is 7.57. The Bertz CT molecular complexity index is 643. The molecule has 0 aliphatic heterocycles. The van der Waals surface area contributed by atoms with Gasteiger partial charge in [0.05, 0.1) is 6.10 Å². The first kappa shape index (κ1) is 15.2. The van der Waals surface area contributed by atoms with Crippen LogP contribution in [-0.4, -0.2) is 25.7 Å². The van der Waals surface area contributed by atoms with Gasteiger partial charge in [-0.25, -0.2) is 17.5 Å². The van der Waals surface area contributed by atoms with Gasteiger partial charge < -0.3 is 10.8 Å². The van der Waals surface area contributed by atoms with Crippen LogP contribution in [0.5, 0.6) is 0 Å². The van der Waals surface area contributed by atoms with E-state index in [9.17, 15) is 17.9 Å². The number of hydrogen-bond acceptors (Lipinski definition) is 4. The SMILES string of the molecule is Cc1cc(F)c(S(=O)(=O)NC2CC(O)C2(C)C)cc1N. The summed E-state index contributed by atoms with van der Waals surface area (Å²) in [6.07, 6.45) is -0.252. The van der Waals surface area contributed by atoms with Crippen LogP contribution < -0.4 is 10.5 Å². The molecule has 112 valence electrons. The zero-order chi connectivity index (χ0) is 15.3. The lowest BCUT2D eigenvalue weighted by atomic mass is 9.65. The molecule has 2 atom stereocenters. The van der Waals surface area contributed by atoms with Gasteiger partial charge in [-0.1, -0.05) is 13.8 Å². The smallest absolute Gasteiger partial charge is 0.243 e. The standard InChI is InChI=1S/C13H19FN2O3S/c1-7-4-8(14)10(5-9(7)15)20(18,19)16-11-6-12(17)13(11,2)3/h4-5,11-12,16-17H,6,15H2,1-3H3. The van der Waals surface area contributed by atoms with Gasteiger partial charge in [0.15, 0.2) is 0 Å². The number of nitrogens with two attached hydrogens (primary N) is 1. The maximum atomic E-state index is 13.8. The molecule has 0 heterocycles. The third kappa shape index (κ3) is 2.41. The van der Waals surface area contributed by atoms with Crippen LogP contribution >= 0.6 is 0 Å². The Morgan fingerprint density at radius 3 is 2.55 bits per heavy atom. The van der Waals surface area contributed by atoms with E-state index < -0.39 is 38.3 Å². The molecule has 1 aromatic rings. The van der Waals surface area contributed by atoms with Crippen molar-refractivity contribution < 1.29 is 17.9 Å². The predicted molar refractivity (Wildman–Crippen MR) is 74.1 cm³/mol. The first-order valence-electron chi connectivity index (χ1n) is 6.31. The summed E-state index contributed by atoms with van der Waals surface area (Å²) < 4.78 is 40.7. The minimum atomic E-state index is -4.00. The molecule has 0 bridgehead atoms. The molecule has 1 fully saturated rings. The van der Waals surface area contributed by atoms with Crippen molar-refractivity contribution in [3.63, 3.8) is 0 Å². The van der Waals surface area contributed by atoms with Crippen molar-refractivity contribution in [2.45, 2.75) is 44.2 Å². The highest BCUT2D eigenvalue weighted by atomic mass is 32.2. The first-order valence-corrected chi connectivity index (χ1v) is 7.80. The molecule has 2 rings (SSSR count). The van der Waals surface area contributed by atoms with Crippen molar-refractivity contribution in [2.75, 3.05) is 5.73 Å². The molecule has 1 aromatic carbocycles. The molecule has 0 saturated heterocycles. The summed E-state index contributed by atoms with van der Waals surface area (Å²) in [5.41, 5.74) is 5.78. The van der Waals surface area contributed by atoms with E-state index in [-0.39, 0.29) is 5.69 Å². The quantitative estimate of drug-likeness (QED) is 0.730. The Hall–Kier alpha value is -1.18. The average Bonchev–Trinajstić information content (AvgIpc) is 2.33. The molecule has 1 saturated carbocycles. The molecular weight excluding hydrogens is 283 g/mol. The molecule has 2 unspecified atom stereocenters. The van der Waals surface area contributed by atoms with E-state index in [1.807, 2.05) is 0 Å². The van der Waals surface area contributed by atoms with Crippen LogP contribution in [0.2, 0.25) is 0 Å². The summed E-state index contributed by atoms with van der Waals surface area (Å²) in [6, 6.07) is 1.80. The number of nitrogen functional groups attached to an aromatic ring is 1. The molecule has 5 nitrogen and oxygen atoms in total. The minimum Gasteiger partial charge on any atom is -0.398 e. The van der Waals surface area contributed by atoms with Gasteiger partial charge in [-0.2, -0.15) is 0 Å². The van der Waals surface area contributed by atoms with Crippen LogP contribution in [0.25, 0.3) is 0 Å². The highest BCUT2D eigenvalue weighted by molar-refractivity contribution is 7.89. The lowest BCUT2D eigenvalue weighted by molar-refractivity contribution is -0.0645. The van der Waals surface area contributed by atoms with Gasteiger partial charge in [0.2, 0.25) is 10.0 Å². The monoisotopic (exact) mass is 302 g/mol. The highest BCUT2D eigenvalue weighted by Crippen LogP contribution is 2.41. The van der Waals surface area contributed by atoms with E-state index in [4.69, 9.17) is 5.73 Å². The normalized spacial score (nSPS) is 25.2. The van der Waals surface area contributed by atoms with Crippen molar-refractivity contribution >= 4 is 15.7 Å². The molecule has 0 aromatic heterocycles. The van der Waals surface area contributed by atoms with E-state index in [2.05, 4.69) is 4.72 Å². The highest BCUT2D eigenvalue weighted by Gasteiger charge is 2.49. The molecular formula is C13H19FN2O3S. The average molecular weight is 302 g/mol. The van der Waals surface area contributed by atoms with Crippen molar-refractivity contribution in [3.8, 4) is 0 Å². The number of aliphatic hydroxyl groups excluding tert-OH is 1. The van der Waals surface area contributed by atoms with E-state index in [0.29, 0.717) is 12.0 Å². The number of hydrogen-bond donors (Lipinski definition) is 3. The van der Waals surface area contributed by atoms with Crippen molar-refractivity contribution in [1.82, 2.24) is 4.72 Å². The van der Waals surface area contributed by atoms with Crippen LogP contribution in [0.15, 0.2) is 17.0 Å². The van der Waals surface area contributed by atoms with Crippen LogP contribution in [0.3, 0.4) is 0 Å². The summed E-state index contributed by atoms with van der Waals surface area (Å²) in [6.45, 7) is 5.12. The first-order chi connectivity index (χ1) is 9.05. The molecule has 20 heavy (non-hydrogen) atoms. The number of aryl methyl sites for hydroxylation is 1. The van der Waals surface area contributed by atoms with Gasteiger partial charge in [-0.15, -0.1) is 0 Å². The van der Waals surface area contributed by atoms with Crippen molar-refractivity contribution in [3.05, 3.63) is 23.5 Å². The molecule has 1 aliphatic carbocycles. The zero-order valence-electron chi connectivity index (χ0n) is 11.6. The maximum Gasteiger partial charge on any atom is 0.243 e. The number of halogens is 1. The summed E-state index contributed by atoms with van der Waals surface area (Å²) in [4.78, 5) is -0.460. The Morgan fingerprint density at radius 1 is 1.45 bits per heavy atom. The fourth-order valence-electron chi connectivity index (χ4n) is 2.23. The van der Waals surface area contributed by atoms with Crippen molar-refractivity contribution in [2.24, 2.45) is 5.41 Å². The van der Waals surface area contributed by atoms with Gasteiger partial charge in [0, 0.05) is 17.1 Å². The van der Waals surface area contributed by atoms with Crippen LogP contribution in [0.1, 0.15) is 25.8 Å². The Balaban J connectivity index is 2.31. The Labute approximate surface area is 118 Å². The lowest BCUT2D eigenvalue weighted by Crippen LogP contribution is -2.61. The summed E-state index contributed by atoms with van der Waals surface area (Å²) >= 11 is 0. The second-order valence-electron chi connectivity index (χ2n) is 5.89. The summed E-state index contributed by atoms with van der Waals surface area (Å²) in [5, 5.41) is 9.62. The van der Waals surface area contributed by atoms with Gasteiger partial charge in [0.1, 0.15) is 10.7 Å². The molecule has 0 radical (unpaired) electrons. The number of aliphatic hydroxyl groups is 1. The summed E-state index contributed by atoms with van der Waals surface area (Å²) in [7, 11) is -4.00. The van der Waals surface area contributed by atoms with E-state index in [1.54, 1.807) is 20.8 Å². The minimum absolute atomic E-state index is 0.222. The topological polar surface area (TPSA) is 92.4 Å². The van der Waals surface area contributed by atoms with Crippen LogP contribution in [0.4, 0.5) is 10.1 Å². The van der Waals surface area contributed by atoms with Crippen LogP contribution in [-0.2, 0) is 10.0 Å². The number of benzene rings is 1. The van der Waals surface area contributed by atoms with E-state index in [1.165, 1.54) is 0 Å². The maximum absolute atomic E-state index is 13.8. The predicted octanol–water partition coefficient (Wildman–Crippen LogP) is 1.15. The van der Waals surface area contributed by atoms with Gasteiger partial charge in [-0.3, -0.25) is 0 Å². The van der Waals surface area contributed by atoms with Gasteiger partial charge >= 0.3 is 0 Å². The third-order valence-electron chi connectivity index (χ3n) is 4.12. The van der Waals surface area contributed by atoms with Crippen LogP contribution in [0, 0.1) is 18.2 Å². The zero-order valence-corrected chi connectivity index (χ0v) is 12.5. The molecule has 1 aliphatic rings. The van der Waals surface area contributed by atoms with E-state index in [0.717, 1.165) is 12.1 Å². The number of anilines is 1. The van der Waals surface area contributed by atoms with Crippen molar-refractivity contribution in [1.29, 1.82) is 0 Å². The largest absolute Gasteiger partial charge is 0.398 e. The fourth-order valence-corrected chi connectivity index (χ4v) is 3.73. The molecule has 4 N–H and O–H groups in total. The second kappa shape index (κ2) is 4.68. The molecule has 7 heteroatoms. The van der Waals surface area contributed by atoms with Gasteiger partial charge in [0.25, 0.3) is 0 Å². The summed E-state index contributed by atoms with van der Waals surface area (Å²) in [5.74, 6) is -0.832. The van der Waals surface area contributed by atoms with E-state index >= 15 is 0 Å². The Kier molecular flexibility index (Phi) is 3.56. The third-order valence-corrected chi connectivity index (χ3v) is 5.61. The van der Waals surface area contributed by atoms with Gasteiger partial charge in [-0.05, 0) is 31.0 Å². The lowest BCUT2D eigenvalue weighted by Gasteiger charge is -2.49. The number of rotatable bonds is 3. The number of sulfonamides is 1.